The standard InChI is InChI=1S/C23H27BrF2N4O2/c24-16-4-3-15-19(17-10-23(32-17)6-1-7-27-12-23)28-21(29-20(15)18(16)26)31-13-22-5-2-8-30(22)11-14(25)9-22/h3-4,14,17,27H,1-2,5-13H2/t14-,17?,22+,23?/m1/s1. The van der Waals surface area contributed by atoms with Crippen LogP contribution in [-0.4, -0.2) is 65.0 Å². The molecule has 2 aromatic rings. The second kappa shape index (κ2) is 7.82. The molecule has 6 nitrogen and oxygen atoms in total. The fraction of sp³-hybridized carbons (Fsp3) is 0.652. The summed E-state index contributed by atoms with van der Waals surface area (Å²) >= 11 is 3.26. The van der Waals surface area contributed by atoms with Crippen molar-refractivity contribution in [3.05, 3.63) is 28.1 Å². The number of ether oxygens (including phenoxy) is 2. The van der Waals surface area contributed by atoms with Gasteiger partial charge in [-0.3, -0.25) is 4.90 Å². The lowest BCUT2D eigenvalue weighted by Crippen LogP contribution is -2.55. The van der Waals surface area contributed by atoms with Crippen LogP contribution in [0.25, 0.3) is 10.9 Å². The van der Waals surface area contributed by atoms with E-state index in [1.54, 1.807) is 6.07 Å². The van der Waals surface area contributed by atoms with Gasteiger partial charge >= 0.3 is 6.01 Å². The Labute approximate surface area is 194 Å². The van der Waals surface area contributed by atoms with Gasteiger partial charge in [-0.2, -0.15) is 9.97 Å². The Bertz CT molecular complexity index is 1040. The number of piperidine rings is 1. The van der Waals surface area contributed by atoms with E-state index in [0.717, 1.165) is 51.7 Å². The number of hydrogen-bond acceptors (Lipinski definition) is 6. The largest absolute Gasteiger partial charge is 0.461 e. The van der Waals surface area contributed by atoms with E-state index in [4.69, 9.17) is 9.47 Å². The van der Waals surface area contributed by atoms with E-state index in [9.17, 15) is 8.78 Å². The first-order valence-electron chi connectivity index (χ1n) is 11.5. The van der Waals surface area contributed by atoms with Crippen LogP contribution in [-0.2, 0) is 4.74 Å². The van der Waals surface area contributed by atoms with E-state index >= 15 is 0 Å². The molecule has 1 aromatic heterocycles. The monoisotopic (exact) mass is 508 g/mol. The number of aromatic nitrogens is 2. The quantitative estimate of drug-likeness (QED) is 0.671. The molecule has 0 aliphatic carbocycles. The summed E-state index contributed by atoms with van der Waals surface area (Å²) in [6.45, 7) is 3.51. The van der Waals surface area contributed by atoms with Crippen LogP contribution in [0.2, 0.25) is 0 Å². The molecule has 9 heteroatoms. The number of fused-ring (bicyclic) bond motifs is 2. The van der Waals surface area contributed by atoms with Crippen molar-refractivity contribution in [3.8, 4) is 6.01 Å². The topological polar surface area (TPSA) is 59.5 Å². The van der Waals surface area contributed by atoms with Gasteiger partial charge < -0.3 is 14.8 Å². The second-order valence-electron chi connectivity index (χ2n) is 9.79. The zero-order valence-electron chi connectivity index (χ0n) is 17.9. The van der Waals surface area contributed by atoms with Crippen LogP contribution in [0.3, 0.4) is 0 Å². The number of rotatable bonds is 4. The fourth-order valence-corrected chi connectivity index (χ4v) is 6.41. The van der Waals surface area contributed by atoms with E-state index in [-0.39, 0.29) is 28.8 Å². The molecule has 172 valence electrons. The third kappa shape index (κ3) is 3.43. The molecule has 0 bridgehead atoms. The molecule has 32 heavy (non-hydrogen) atoms. The summed E-state index contributed by atoms with van der Waals surface area (Å²) in [6, 6.07) is 3.65. The average Bonchev–Trinajstić information content (AvgIpc) is 3.29. The molecule has 1 spiro atoms. The van der Waals surface area contributed by atoms with Gasteiger partial charge in [-0.05, 0) is 66.8 Å². The highest BCUT2D eigenvalue weighted by molar-refractivity contribution is 9.10. The Balaban J connectivity index is 1.31. The number of alkyl halides is 1. The van der Waals surface area contributed by atoms with Gasteiger partial charge in [0, 0.05) is 31.3 Å². The third-order valence-corrected chi connectivity index (χ3v) is 8.30. The molecular weight excluding hydrogens is 482 g/mol. The minimum Gasteiger partial charge on any atom is -0.461 e. The molecule has 0 saturated carbocycles. The maximum atomic E-state index is 15.0. The zero-order valence-corrected chi connectivity index (χ0v) is 19.5. The highest BCUT2D eigenvalue weighted by Crippen LogP contribution is 2.48. The first-order valence-corrected chi connectivity index (χ1v) is 12.3. The Morgan fingerprint density at radius 3 is 2.94 bits per heavy atom. The van der Waals surface area contributed by atoms with Gasteiger partial charge in [0.05, 0.1) is 21.3 Å². The zero-order chi connectivity index (χ0) is 21.9. The summed E-state index contributed by atoms with van der Waals surface area (Å²) in [4.78, 5) is 11.3. The van der Waals surface area contributed by atoms with Crippen molar-refractivity contribution >= 4 is 26.8 Å². The van der Waals surface area contributed by atoms with Crippen LogP contribution in [0.15, 0.2) is 16.6 Å². The number of hydrogen-bond donors (Lipinski definition) is 1. The molecule has 6 rings (SSSR count). The molecule has 0 radical (unpaired) electrons. The van der Waals surface area contributed by atoms with Crippen molar-refractivity contribution in [2.24, 2.45) is 0 Å². The molecule has 5 heterocycles. The number of nitrogens with zero attached hydrogens (tertiary/aromatic N) is 3. The van der Waals surface area contributed by atoms with Gasteiger partial charge in [-0.25, -0.2) is 8.78 Å². The first-order chi connectivity index (χ1) is 15.5. The lowest BCUT2D eigenvalue weighted by molar-refractivity contribution is -0.217. The predicted molar refractivity (Wildman–Crippen MR) is 119 cm³/mol. The van der Waals surface area contributed by atoms with Crippen molar-refractivity contribution in [1.82, 2.24) is 20.2 Å². The van der Waals surface area contributed by atoms with Gasteiger partial charge in [0.1, 0.15) is 24.4 Å². The van der Waals surface area contributed by atoms with E-state index in [1.165, 1.54) is 0 Å². The summed E-state index contributed by atoms with van der Waals surface area (Å²) < 4.78 is 41.9. The molecule has 4 aliphatic heterocycles. The Kier molecular flexibility index (Phi) is 5.17. The summed E-state index contributed by atoms with van der Waals surface area (Å²) in [5.41, 5.74) is 0.432. The maximum Gasteiger partial charge on any atom is 0.317 e. The summed E-state index contributed by atoms with van der Waals surface area (Å²) in [7, 11) is 0. The molecule has 1 aromatic carbocycles. The van der Waals surface area contributed by atoms with Crippen LogP contribution >= 0.6 is 15.9 Å². The summed E-state index contributed by atoms with van der Waals surface area (Å²) in [6.07, 6.45) is 4.30. The Morgan fingerprint density at radius 1 is 1.25 bits per heavy atom. The van der Waals surface area contributed by atoms with Gasteiger partial charge in [0.25, 0.3) is 0 Å². The molecule has 0 amide bonds. The molecule has 1 N–H and O–H groups in total. The second-order valence-corrected chi connectivity index (χ2v) is 10.6. The highest BCUT2D eigenvalue weighted by Gasteiger charge is 2.50. The average molecular weight is 509 g/mol. The first kappa shape index (κ1) is 21.1. The number of halogens is 3. The van der Waals surface area contributed by atoms with Crippen LogP contribution in [0.1, 0.15) is 50.3 Å². The number of nitrogens with one attached hydrogen (secondary N) is 1. The lowest BCUT2D eigenvalue weighted by Gasteiger charge is -2.50. The summed E-state index contributed by atoms with van der Waals surface area (Å²) in [5, 5.41) is 4.05. The van der Waals surface area contributed by atoms with Crippen LogP contribution in [0.5, 0.6) is 6.01 Å². The van der Waals surface area contributed by atoms with Crippen molar-refractivity contribution in [2.45, 2.75) is 61.9 Å². The van der Waals surface area contributed by atoms with E-state index in [1.807, 2.05) is 6.07 Å². The SMILES string of the molecule is Fc1c(Br)ccc2c(C3CC4(CCCNC4)O3)nc(OC[C@@]34CCCN3C[C@H](F)C4)nc12. The van der Waals surface area contributed by atoms with Crippen molar-refractivity contribution in [1.29, 1.82) is 0 Å². The van der Waals surface area contributed by atoms with Crippen LogP contribution in [0, 0.1) is 5.82 Å². The molecule has 2 unspecified atom stereocenters. The van der Waals surface area contributed by atoms with Crippen LogP contribution in [0.4, 0.5) is 8.78 Å². The molecule has 4 aliphatic rings. The predicted octanol–water partition coefficient (Wildman–Crippen LogP) is 4.07. The Hall–Kier alpha value is -1.42. The smallest absolute Gasteiger partial charge is 0.317 e. The lowest BCUT2D eigenvalue weighted by atomic mass is 9.81. The van der Waals surface area contributed by atoms with E-state index in [2.05, 4.69) is 36.1 Å². The minimum absolute atomic E-state index is 0.138. The molecule has 4 atom stereocenters. The van der Waals surface area contributed by atoms with Gasteiger partial charge in [0.2, 0.25) is 0 Å². The van der Waals surface area contributed by atoms with Gasteiger partial charge in [-0.1, -0.05) is 0 Å². The molecule has 4 fully saturated rings. The molecular formula is C23H27BrF2N4O2. The van der Waals surface area contributed by atoms with E-state index < -0.39 is 12.0 Å². The highest BCUT2D eigenvalue weighted by atomic mass is 79.9. The maximum absolute atomic E-state index is 15.0. The molecule has 4 saturated heterocycles. The van der Waals surface area contributed by atoms with Crippen molar-refractivity contribution in [2.75, 3.05) is 32.8 Å². The Morgan fingerprint density at radius 2 is 2.12 bits per heavy atom. The van der Waals surface area contributed by atoms with Crippen molar-refractivity contribution in [3.63, 3.8) is 0 Å². The normalized spacial score (nSPS) is 34.7. The fourth-order valence-electron chi connectivity index (χ4n) is 6.09. The summed E-state index contributed by atoms with van der Waals surface area (Å²) in [5.74, 6) is -0.435. The van der Waals surface area contributed by atoms with Gasteiger partial charge in [0.15, 0.2) is 5.82 Å². The van der Waals surface area contributed by atoms with Crippen LogP contribution < -0.4 is 10.1 Å². The van der Waals surface area contributed by atoms with Crippen molar-refractivity contribution < 1.29 is 18.3 Å². The number of benzene rings is 1. The van der Waals surface area contributed by atoms with E-state index in [0.29, 0.717) is 35.1 Å². The minimum atomic E-state index is -0.830. The third-order valence-electron chi connectivity index (χ3n) is 7.69. The van der Waals surface area contributed by atoms with Gasteiger partial charge in [-0.15, -0.1) is 0 Å².